The van der Waals surface area contributed by atoms with E-state index in [0.717, 1.165) is 25.7 Å². The predicted molar refractivity (Wildman–Crippen MR) is 199 cm³/mol. The molecule has 0 aliphatic heterocycles. The number of nitrogens with zero attached hydrogens (tertiary/aromatic N) is 2. The monoisotopic (exact) mass is 738 g/mol. The van der Waals surface area contributed by atoms with Gasteiger partial charge in [0.2, 0.25) is 10.0 Å². The zero-order valence-corrected chi connectivity index (χ0v) is 31.8. The van der Waals surface area contributed by atoms with Crippen LogP contribution in [0, 0.1) is 10.1 Å². The van der Waals surface area contributed by atoms with Gasteiger partial charge in [-0.15, -0.1) is 0 Å². The molecular weight excluding hydrogens is 676 g/mol. The van der Waals surface area contributed by atoms with Crippen LogP contribution in [0.15, 0.2) is 53.5 Å². The Bertz CT molecular complexity index is 1200. The van der Waals surface area contributed by atoms with E-state index in [1.165, 1.54) is 67.1 Å². The van der Waals surface area contributed by atoms with Crippen molar-refractivity contribution in [1.82, 2.24) is 4.31 Å². The van der Waals surface area contributed by atoms with Crippen LogP contribution in [0.1, 0.15) is 129 Å². The summed E-state index contributed by atoms with van der Waals surface area (Å²) in [6.45, 7) is 5.50. The zero-order chi connectivity index (χ0) is 37.4. The van der Waals surface area contributed by atoms with Crippen molar-refractivity contribution >= 4 is 28.0 Å². The maximum atomic E-state index is 13.6. The molecule has 290 valence electrons. The van der Waals surface area contributed by atoms with Gasteiger partial charge in [0.05, 0.1) is 18.1 Å². The minimum absolute atomic E-state index is 0.177. The van der Waals surface area contributed by atoms with Gasteiger partial charge in [0.25, 0.3) is 5.69 Å². The molecule has 1 aromatic rings. The Morgan fingerprint density at radius 2 is 1.10 bits per heavy atom. The van der Waals surface area contributed by atoms with Gasteiger partial charge in [-0.25, -0.2) is 18.0 Å². The number of carbonyl (C=O) groups is 2. The van der Waals surface area contributed by atoms with Crippen LogP contribution in [0.5, 0.6) is 0 Å². The molecule has 0 heterocycles. The van der Waals surface area contributed by atoms with Gasteiger partial charge < -0.3 is 18.9 Å². The van der Waals surface area contributed by atoms with E-state index in [4.69, 9.17) is 18.9 Å². The molecule has 0 amide bonds. The van der Waals surface area contributed by atoms with Crippen LogP contribution in [0.4, 0.5) is 15.3 Å². The van der Waals surface area contributed by atoms with Gasteiger partial charge in [0.15, 0.2) is 4.90 Å². The summed E-state index contributed by atoms with van der Waals surface area (Å²) < 4.78 is 48.8. The van der Waals surface area contributed by atoms with Gasteiger partial charge >= 0.3 is 12.3 Å². The number of carbonyl (C=O) groups excluding carboxylic acids is 2. The highest BCUT2D eigenvalue weighted by Gasteiger charge is 2.30. The van der Waals surface area contributed by atoms with Crippen LogP contribution in [0.2, 0.25) is 0 Å². The fraction of sp³-hybridized carbons (Fsp3) is 0.684. The molecule has 0 saturated carbocycles. The first-order valence-corrected chi connectivity index (χ1v) is 20.3. The van der Waals surface area contributed by atoms with Gasteiger partial charge in [0.1, 0.15) is 13.2 Å². The molecule has 0 atom stereocenters. The number of para-hydroxylation sites is 1. The quantitative estimate of drug-likeness (QED) is 0.0237. The molecule has 0 aliphatic carbocycles. The van der Waals surface area contributed by atoms with Crippen molar-refractivity contribution in [2.75, 3.05) is 39.5 Å². The van der Waals surface area contributed by atoms with Gasteiger partial charge in [-0.2, -0.15) is 4.31 Å². The summed E-state index contributed by atoms with van der Waals surface area (Å²) >= 11 is 0. The third kappa shape index (κ3) is 22.9. The van der Waals surface area contributed by atoms with Gasteiger partial charge in [-0.3, -0.25) is 10.1 Å². The summed E-state index contributed by atoms with van der Waals surface area (Å²) in [5.41, 5.74) is -0.458. The highest BCUT2D eigenvalue weighted by molar-refractivity contribution is 7.89. The number of nitro benzene ring substituents is 1. The Morgan fingerprint density at radius 3 is 1.57 bits per heavy atom. The zero-order valence-electron chi connectivity index (χ0n) is 31.0. The third-order valence-corrected chi connectivity index (χ3v) is 10.0. The van der Waals surface area contributed by atoms with E-state index in [1.54, 1.807) is 0 Å². The van der Waals surface area contributed by atoms with E-state index < -0.39 is 32.9 Å². The standard InChI is InChI=1S/C38H62N2O10S/c1-3-5-7-9-11-15-23-31-47-37(41)49-33-25-17-13-21-29-39(51(45,46)36-28-20-19-27-35(36)40(43)44)30-22-14-18-26-34-50-38(42)48-32-24-16-12-10-8-6-4-2/h15-16,19-20,23-24,27-28H,3-14,17-18,21-22,25-26,29-34H2,1-2H3/b23-15-,24-16-. The lowest BCUT2D eigenvalue weighted by Crippen LogP contribution is -2.33. The lowest BCUT2D eigenvalue weighted by molar-refractivity contribution is -0.387. The van der Waals surface area contributed by atoms with Crippen LogP contribution in [-0.2, 0) is 29.0 Å². The highest BCUT2D eigenvalue weighted by atomic mass is 32.2. The van der Waals surface area contributed by atoms with Crippen LogP contribution in [0.25, 0.3) is 0 Å². The molecule has 0 aromatic heterocycles. The highest BCUT2D eigenvalue weighted by Crippen LogP contribution is 2.27. The molecule has 12 nitrogen and oxygen atoms in total. The predicted octanol–water partition coefficient (Wildman–Crippen LogP) is 10.1. The molecule has 51 heavy (non-hydrogen) atoms. The number of benzene rings is 1. The largest absolute Gasteiger partial charge is 0.508 e. The second-order valence-corrected chi connectivity index (χ2v) is 14.3. The topological polar surface area (TPSA) is 152 Å². The number of nitro groups is 1. The fourth-order valence-electron chi connectivity index (χ4n) is 5.18. The number of hydrogen-bond acceptors (Lipinski definition) is 10. The van der Waals surface area contributed by atoms with E-state index >= 15 is 0 Å². The summed E-state index contributed by atoms with van der Waals surface area (Å²) in [6.07, 6.45) is 22.7. The van der Waals surface area contributed by atoms with Crippen LogP contribution in [-0.4, -0.2) is 69.5 Å². The van der Waals surface area contributed by atoms with E-state index in [-0.39, 0.29) is 44.4 Å². The molecule has 1 rings (SSSR count). The molecule has 0 unspecified atom stereocenters. The van der Waals surface area contributed by atoms with E-state index in [0.29, 0.717) is 51.4 Å². The molecule has 13 heteroatoms. The Labute approximate surface area is 306 Å². The summed E-state index contributed by atoms with van der Waals surface area (Å²) in [5, 5.41) is 11.6. The number of allylic oxidation sites excluding steroid dienone is 2. The second kappa shape index (κ2) is 30.2. The molecule has 0 fully saturated rings. The summed E-state index contributed by atoms with van der Waals surface area (Å²) in [7, 11) is -4.12. The van der Waals surface area contributed by atoms with Crippen molar-refractivity contribution in [3.05, 3.63) is 58.7 Å². The molecular formula is C38H62N2O10S. The first-order chi connectivity index (χ1) is 24.7. The summed E-state index contributed by atoms with van der Waals surface area (Å²) in [5.74, 6) is 0. The number of hydrogen-bond donors (Lipinski definition) is 0. The molecule has 0 spiro atoms. The first kappa shape index (κ1) is 45.6. The van der Waals surface area contributed by atoms with Crippen molar-refractivity contribution in [3.8, 4) is 0 Å². The molecule has 0 bridgehead atoms. The smallest absolute Gasteiger partial charge is 0.434 e. The average Bonchev–Trinajstić information content (AvgIpc) is 3.11. The Kier molecular flexibility index (Phi) is 27.0. The van der Waals surface area contributed by atoms with Crippen molar-refractivity contribution in [3.63, 3.8) is 0 Å². The lowest BCUT2D eigenvalue weighted by atomic mass is 10.1. The van der Waals surface area contributed by atoms with Crippen LogP contribution < -0.4 is 0 Å². The average molecular weight is 739 g/mol. The Morgan fingerprint density at radius 1 is 0.647 bits per heavy atom. The second-order valence-electron chi connectivity index (χ2n) is 12.4. The number of sulfonamides is 1. The van der Waals surface area contributed by atoms with E-state index in [2.05, 4.69) is 13.8 Å². The normalized spacial score (nSPS) is 11.7. The number of unbranched alkanes of at least 4 members (excludes halogenated alkanes) is 14. The Hall–Kier alpha value is -3.45. The SMILES string of the molecule is CCCCCC/C=C\COC(=O)OCCCCCCN(CCCCCCOC(=O)OC/C=C\CCCCCC)S(=O)(=O)c1ccccc1[N+](=O)[O-]. The van der Waals surface area contributed by atoms with Crippen molar-refractivity contribution < 1.29 is 41.9 Å². The van der Waals surface area contributed by atoms with E-state index in [1.807, 2.05) is 24.3 Å². The minimum Gasteiger partial charge on any atom is -0.434 e. The van der Waals surface area contributed by atoms with Gasteiger partial charge in [-0.1, -0.05) is 114 Å². The number of ether oxygens (including phenoxy) is 4. The maximum Gasteiger partial charge on any atom is 0.508 e. The minimum atomic E-state index is -4.12. The van der Waals surface area contributed by atoms with Crippen molar-refractivity contribution in [2.24, 2.45) is 0 Å². The third-order valence-electron chi connectivity index (χ3n) is 8.10. The van der Waals surface area contributed by atoms with Gasteiger partial charge in [-0.05, 0) is 57.4 Å². The molecule has 0 aliphatic rings. The van der Waals surface area contributed by atoms with Gasteiger partial charge in [0, 0.05) is 19.2 Å². The van der Waals surface area contributed by atoms with Crippen molar-refractivity contribution in [1.29, 1.82) is 0 Å². The first-order valence-electron chi connectivity index (χ1n) is 18.9. The summed E-state index contributed by atoms with van der Waals surface area (Å²) in [4.78, 5) is 34.2. The van der Waals surface area contributed by atoms with Crippen molar-refractivity contribution in [2.45, 2.75) is 134 Å². The molecule has 0 N–H and O–H groups in total. The molecule has 0 saturated heterocycles. The molecule has 0 radical (unpaired) electrons. The fourth-order valence-corrected chi connectivity index (χ4v) is 6.86. The van der Waals surface area contributed by atoms with Crippen LogP contribution >= 0.6 is 0 Å². The lowest BCUT2D eigenvalue weighted by Gasteiger charge is -2.22. The Balaban J connectivity index is 2.43. The van der Waals surface area contributed by atoms with Crippen LogP contribution in [0.3, 0.4) is 0 Å². The van der Waals surface area contributed by atoms with E-state index in [9.17, 15) is 28.1 Å². The maximum absolute atomic E-state index is 13.6. The molecule has 1 aromatic carbocycles. The summed E-state index contributed by atoms with van der Waals surface area (Å²) in [6, 6.07) is 5.37. The number of rotatable bonds is 31.